The third-order valence-electron chi connectivity index (χ3n) is 5.10. The fourth-order valence-corrected chi connectivity index (χ4v) is 3.57. The van der Waals surface area contributed by atoms with Gasteiger partial charge in [-0.05, 0) is 53.9 Å². The Balaban J connectivity index is 1.49. The van der Waals surface area contributed by atoms with Gasteiger partial charge in [0.15, 0.2) is 11.5 Å². The summed E-state index contributed by atoms with van der Waals surface area (Å²) in [7, 11) is 1.69. The fraction of sp³-hybridized carbons (Fsp3) is 0.250. The third-order valence-corrected chi connectivity index (χ3v) is 5.10. The highest BCUT2D eigenvalue weighted by atomic mass is 16.7. The average Bonchev–Trinajstić information content (AvgIpc) is 3.23. The van der Waals surface area contributed by atoms with Gasteiger partial charge in [0, 0.05) is 12.5 Å². The van der Waals surface area contributed by atoms with E-state index in [0.717, 1.165) is 36.8 Å². The van der Waals surface area contributed by atoms with E-state index in [1.165, 1.54) is 16.7 Å². The zero-order valence-corrected chi connectivity index (χ0v) is 16.1. The second kappa shape index (κ2) is 8.81. The van der Waals surface area contributed by atoms with Crippen LogP contribution in [0.5, 0.6) is 17.2 Å². The van der Waals surface area contributed by atoms with Crippen molar-refractivity contribution in [2.24, 2.45) is 0 Å². The predicted octanol–water partition coefficient (Wildman–Crippen LogP) is 4.74. The Labute approximate surface area is 166 Å². The van der Waals surface area contributed by atoms with Gasteiger partial charge in [-0.15, -0.1) is 0 Å². The summed E-state index contributed by atoms with van der Waals surface area (Å²) in [5, 5.41) is 3.57. The summed E-state index contributed by atoms with van der Waals surface area (Å²) in [6, 6.07) is 25.1. The molecule has 4 heteroatoms. The highest BCUT2D eigenvalue weighted by molar-refractivity contribution is 5.47. The molecule has 0 radical (unpaired) electrons. The van der Waals surface area contributed by atoms with Crippen LogP contribution in [0.15, 0.2) is 72.8 Å². The minimum Gasteiger partial charge on any atom is -0.497 e. The Bertz CT molecular complexity index is 893. The normalized spacial score (nSPS) is 13.3. The van der Waals surface area contributed by atoms with Gasteiger partial charge in [-0.25, -0.2) is 0 Å². The first-order valence-electron chi connectivity index (χ1n) is 9.61. The summed E-state index contributed by atoms with van der Waals surface area (Å²) >= 11 is 0. The minimum atomic E-state index is 0.267. The molecule has 0 aliphatic carbocycles. The van der Waals surface area contributed by atoms with Crippen molar-refractivity contribution in [2.75, 3.05) is 20.4 Å². The molecule has 1 atom stereocenters. The van der Waals surface area contributed by atoms with Gasteiger partial charge in [-0.1, -0.05) is 48.5 Å². The van der Waals surface area contributed by atoms with Gasteiger partial charge >= 0.3 is 0 Å². The first-order valence-corrected chi connectivity index (χ1v) is 9.61. The summed E-state index contributed by atoms with van der Waals surface area (Å²) < 4.78 is 16.4. The lowest BCUT2D eigenvalue weighted by molar-refractivity contribution is 0.174. The summed E-state index contributed by atoms with van der Waals surface area (Å²) in [6.07, 6.45) is 0.985. The van der Waals surface area contributed by atoms with E-state index in [2.05, 4.69) is 53.8 Å². The molecule has 28 heavy (non-hydrogen) atoms. The second-order valence-electron chi connectivity index (χ2n) is 6.89. The first-order chi connectivity index (χ1) is 13.8. The zero-order valence-electron chi connectivity index (χ0n) is 16.1. The fourth-order valence-electron chi connectivity index (χ4n) is 3.57. The monoisotopic (exact) mass is 375 g/mol. The van der Waals surface area contributed by atoms with Crippen LogP contribution in [0.3, 0.4) is 0 Å². The molecule has 0 aromatic heterocycles. The number of rotatable bonds is 8. The largest absolute Gasteiger partial charge is 0.497 e. The van der Waals surface area contributed by atoms with E-state index in [0.29, 0.717) is 6.79 Å². The molecule has 3 aromatic rings. The van der Waals surface area contributed by atoms with Crippen LogP contribution in [0.2, 0.25) is 0 Å². The van der Waals surface area contributed by atoms with Crippen LogP contribution in [0.25, 0.3) is 0 Å². The molecule has 0 spiro atoms. The Morgan fingerprint density at radius 1 is 0.893 bits per heavy atom. The van der Waals surface area contributed by atoms with Gasteiger partial charge in [0.1, 0.15) is 5.75 Å². The molecule has 1 N–H and O–H groups in total. The number of methoxy groups -OCH3 is 1. The smallest absolute Gasteiger partial charge is 0.231 e. The minimum absolute atomic E-state index is 0.267. The van der Waals surface area contributed by atoms with Crippen LogP contribution in [0.4, 0.5) is 0 Å². The van der Waals surface area contributed by atoms with Crippen molar-refractivity contribution in [2.45, 2.75) is 18.9 Å². The van der Waals surface area contributed by atoms with Crippen molar-refractivity contribution in [1.29, 1.82) is 0 Å². The maximum atomic E-state index is 5.59. The molecular weight excluding hydrogens is 350 g/mol. The molecule has 0 amide bonds. The molecule has 1 heterocycles. The maximum absolute atomic E-state index is 5.59. The van der Waals surface area contributed by atoms with E-state index in [9.17, 15) is 0 Å². The third kappa shape index (κ3) is 4.29. The molecule has 0 saturated carbocycles. The lowest BCUT2D eigenvalue weighted by atomic mass is 9.88. The van der Waals surface area contributed by atoms with E-state index >= 15 is 0 Å². The summed E-state index contributed by atoms with van der Waals surface area (Å²) in [4.78, 5) is 0. The number of fused-ring (bicyclic) bond motifs is 1. The maximum Gasteiger partial charge on any atom is 0.231 e. The number of hydrogen-bond acceptors (Lipinski definition) is 4. The van der Waals surface area contributed by atoms with E-state index in [1.54, 1.807) is 7.11 Å². The highest BCUT2D eigenvalue weighted by Crippen LogP contribution is 2.37. The molecule has 4 rings (SSSR count). The summed E-state index contributed by atoms with van der Waals surface area (Å²) in [5.41, 5.74) is 3.80. The van der Waals surface area contributed by atoms with Crippen LogP contribution < -0.4 is 19.5 Å². The molecule has 4 nitrogen and oxygen atoms in total. The Hall–Kier alpha value is -2.98. The van der Waals surface area contributed by atoms with Crippen molar-refractivity contribution in [3.63, 3.8) is 0 Å². The van der Waals surface area contributed by atoms with Crippen molar-refractivity contribution in [1.82, 2.24) is 5.32 Å². The van der Waals surface area contributed by atoms with Crippen LogP contribution in [0, 0.1) is 0 Å². The zero-order chi connectivity index (χ0) is 19.2. The van der Waals surface area contributed by atoms with Gasteiger partial charge in [-0.3, -0.25) is 0 Å². The Morgan fingerprint density at radius 3 is 2.43 bits per heavy atom. The number of ether oxygens (including phenoxy) is 3. The highest BCUT2D eigenvalue weighted by Gasteiger charge is 2.19. The van der Waals surface area contributed by atoms with Gasteiger partial charge in [0.2, 0.25) is 6.79 Å². The Kier molecular flexibility index (Phi) is 5.78. The lowest BCUT2D eigenvalue weighted by Gasteiger charge is -2.19. The van der Waals surface area contributed by atoms with Crippen molar-refractivity contribution in [3.8, 4) is 17.2 Å². The molecule has 1 aliphatic rings. The quantitative estimate of drug-likeness (QED) is 0.578. The van der Waals surface area contributed by atoms with E-state index in [4.69, 9.17) is 14.2 Å². The topological polar surface area (TPSA) is 39.7 Å². The number of benzene rings is 3. The molecule has 144 valence electrons. The molecule has 0 saturated heterocycles. The number of nitrogens with one attached hydrogen (secondary N) is 1. The second-order valence-corrected chi connectivity index (χ2v) is 6.89. The summed E-state index contributed by atoms with van der Waals surface area (Å²) in [5.74, 6) is 2.78. The van der Waals surface area contributed by atoms with Crippen LogP contribution >= 0.6 is 0 Å². The first kappa shape index (κ1) is 18.4. The Morgan fingerprint density at radius 2 is 1.64 bits per heavy atom. The van der Waals surface area contributed by atoms with Crippen LogP contribution in [-0.4, -0.2) is 20.4 Å². The van der Waals surface area contributed by atoms with Gasteiger partial charge in [-0.2, -0.15) is 0 Å². The van der Waals surface area contributed by atoms with Crippen molar-refractivity contribution < 1.29 is 14.2 Å². The average molecular weight is 375 g/mol. The predicted molar refractivity (Wildman–Crippen MR) is 110 cm³/mol. The van der Waals surface area contributed by atoms with Crippen LogP contribution in [-0.2, 0) is 6.54 Å². The van der Waals surface area contributed by atoms with Crippen LogP contribution in [0.1, 0.15) is 29.0 Å². The van der Waals surface area contributed by atoms with Gasteiger partial charge in [0.05, 0.1) is 7.11 Å². The van der Waals surface area contributed by atoms with Gasteiger partial charge in [0.25, 0.3) is 0 Å². The molecule has 1 aliphatic heterocycles. The molecule has 3 aromatic carbocycles. The number of hydrogen-bond donors (Lipinski definition) is 1. The van der Waals surface area contributed by atoms with E-state index < -0.39 is 0 Å². The van der Waals surface area contributed by atoms with Crippen molar-refractivity contribution in [3.05, 3.63) is 89.5 Å². The molecule has 0 fully saturated rings. The summed E-state index contributed by atoms with van der Waals surface area (Å²) in [6.45, 7) is 2.09. The molecule has 1 unspecified atom stereocenters. The van der Waals surface area contributed by atoms with E-state index in [-0.39, 0.29) is 5.92 Å². The SMILES string of the molecule is COc1ccc(C(CCNCc2ccccc2)c2ccc3c(c2)OCO3)cc1. The van der Waals surface area contributed by atoms with Crippen molar-refractivity contribution >= 4 is 0 Å². The van der Waals surface area contributed by atoms with Gasteiger partial charge < -0.3 is 19.5 Å². The molecule has 0 bridgehead atoms. The van der Waals surface area contributed by atoms with E-state index in [1.807, 2.05) is 24.3 Å². The molecular formula is C24H25NO3. The standard InChI is InChI=1S/C24H25NO3/c1-26-21-10-7-19(8-11-21)22(13-14-25-16-18-5-3-2-4-6-18)20-9-12-23-24(15-20)28-17-27-23/h2-12,15,22,25H,13-14,16-17H2,1H3. The lowest BCUT2D eigenvalue weighted by Crippen LogP contribution is -2.17.